The van der Waals surface area contributed by atoms with E-state index < -0.39 is 0 Å². The van der Waals surface area contributed by atoms with Crippen LogP contribution in [0.25, 0.3) is 0 Å². The van der Waals surface area contributed by atoms with E-state index in [1.165, 1.54) is 11.1 Å². The summed E-state index contributed by atoms with van der Waals surface area (Å²) in [5.41, 5.74) is 2.22. The zero-order valence-electron chi connectivity index (χ0n) is 19.0. The lowest BCUT2D eigenvalue weighted by atomic mass is 10.1. The summed E-state index contributed by atoms with van der Waals surface area (Å²) in [7, 11) is 0. The van der Waals surface area contributed by atoms with Crippen LogP contribution in [-0.2, 0) is 27.4 Å². The number of aliphatic imine (C=N–C) groups is 1. The lowest BCUT2D eigenvalue weighted by Crippen LogP contribution is -2.38. The number of guanidine groups is 1. The Morgan fingerprint density at radius 1 is 1.23 bits per heavy atom. The van der Waals surface area contributed by atoms with Crippen molar-refractivity contribution in [1.82, 2.24) is 10.6 Å². The van der Waals surface area contributed by atoms with E-state index in [2.05, 4.69) is 62.6 Å². The first-order valence-corrected chi connectivity index (χ1v) is 10.9. The number of rotatable bonds is 11. The van der Waals surface area contributed by atoms with Crippen molar-refractivity contribution < 1.29 is 14.2 Å². The topological polar surface area (TPSA) is 64.1 Å². The second-order valence-electron chi connectivity index (χ2n) is 8.41. The predicted molar refractivity (Wildman–Crippen MR) is 134 cm³/mol. The second-order valence-corrected chi connectivity index (χ2v) is 8.41. The maximum absolute atomic E-state index is 5.87. The third-order valence-electron chi connectivity index (χ3n) is 4.51. The molecule has 1 aliphatic rings. The minimum absolute atomic E-state index is 0. The fourth-order valence-electron chi connectivity index (χ4n) is 3.00. The number of hydrogen-bond acceptors (Lipinski definition) is 4. The molecule has 1 atom stereocenters. The Balaban J connectivity index is 0.00000450. The van der Waals surface area contributed by atoms with Crippen LogP contribution >= 0.6 is 24.0 Å². The van der Waals surface area contributed by atoms with Crippen LogP contribution in [-0.4, -0.2) is 50.6 Å². The van der Waals surface area contributed by atoms with E-state index in [0.717, 1.165) is 51.5 Å². The molecule has 1 heterocycles. The summed E-state index contributed by atoms with van der Waals surface area (Å²) >= 11 is 0. The van der Waals surface area contributed by atoms with Gasteiger partial charge in [0.15, 0.2) is 5.96 Å². The van der Waals surface area contributed by atoms with Crippen LogP contribution in [0.5, 0.6) is 0 Å². The monoisotopic (exact) mass is 533 g/mol. The predicted octanol–water partition coefficient (Wildman–Crippen LogP) is 4.26. The third-order valence-corrected chi connectivity index (χ3v) is 4.51. The SMILES string of the molecule is CCNC(=NCc1cccc(COC(C)(C)C)c1)NCCCOCC1CCCO1.I. The Morgan fingerprint density at radius 2 is 2.03 bits per heavy atom. The standard InChI is InChI=1S/C23H39N3O3.HI/c1-5-24-22(25-12-8-13-27-18-21-11-7-14-28-21)26-16-19-9-6-10-20(15-19)17-29-23(2,3)4;/h6,9-10,15,21H,5,7-8,11-14,16-18H2,1-4H3,(H2,24,25,26);1H. The maximum Gasteiger partial charge on any atom is 0.191 e. The van der Waals surface area contributed by atoms with Crippen molar-refractivity contribution in [3.05, 3.63) is 35.4 Å². The van der Waals surface area contributed by atoms with Crippen LogP contribution in [0.2, 0.25) is 0 Å². The molecule has 0 saturated carbocycles. The molecule has 0 spiro atoms. The fourth-order valence-corrected chi connectivity index (χ4v) is 3.00. The van der Waals surface area contributed by atoms with Gasteiger partial charge in [-0.3, -0.25) is 0 Å². The molecule has 1 aromatic carbocycles. The first-order chi connectivity index (χ1) is 14.0. The Bertz CT molecular complexity index is 614. The molecule has 1 aliphatic heterocycles. The molecule has 1 fully saturated rings. The van der Waals surface area contributed by atoms with E-state index >= 15 is 0 Å². The van der Waals surface area contributed by atoms with Crippen LogP contribution in [0.3, 0.4) is 0 Å². The van der Waals surface area contributed by atoms with Gasteiger partial charge in [-0.2, -0.15) is 0 Å². The van der Waals surface area contributed by atoms with Gasteiger partial charge in [-0.25, -0.2) is 4.99 Å². The fraction of sp³-hybridized carbons (Fsp3) is 0.696. The quantitative estimate of drug-likeness (QED) is 0.193. The number of nitrogens with zero attached hydrogens (tertiary/aromatic N) is 1. The maximum atomic E-state index is 5.87. The number of ether oxygens (including phenoxy) is 3. The average Bonchev–Trinajstić information content (AvgIpc) is 3.20. The summed E-state index contributed by atoms with van der Waals surface area (Å²) in [6.07, 6.45) is 3.52. The van der Waals surface area contributed by atoms with E-state index in [-0.39, 0.29) is 29.6 Å². The highest BCUT2D eigenvalue weighted by Crippen LogP contribution is 2.14. The minimum atomic E-state index is -0.135. The zero-order valence-corrected chi connectivity index (χ0v) is 21.4. The Morgan fingerprint density at radius 3 is 2.73 bits per heavy atom. The minimum Gasteiger partial charge on any atom is -0.379 e. The van der Waals surface area contributed by atoms with Gasteiger partial charge in [-0.15, -0.1) is 24.0 Å². The number of nitrogens with one attached hydrogen (secondary N) is 2. The summed E-state index contributed by atoms with van der Waals surface area (Å²) in [6, 6.07) is 8.43. The molecule has 2 N–H and O–H groups in total. The van der Waals surface area contributed by atoms with E-state index in [9.17, 15) is 0 Å². The molecule has 0 bridgehead atoms. The summed E-state index contributed by atoms with van der Waals surface area (Å²) in [4.78, 5) is 4.71. The smallest absolute Gasteiger partial charge is 0.191 e. The Labute approximate surface area is 199 Å². The third kappa shape index (κ3) is 12.1. The van der Waals surface area contributed by atoms with Gasteiger partial charge in [-0.1, -0.05) is 24.3 Å². The van der Waals surface area contributed by atoms with Crippen molar-refractivity contribution in [2.24, 2.45) is 4.99 Å². The summed E-state index contributed by atoms with van der Waals surface area (Å²) in [6.45, 7) is 13.5. The number of halogens is 1. The van der Waals surface area contributed by atoms with Crippen LogP contribution in [0, 0.1) is 0 Å². The molecule has 2 rings (SSSR count). The largest absolute Gasteiger partial charge is 0.379 e. The summed E-state index contributed by atoms with van der Waals surface area (Å²) in [5, 5.41) is 6.68. The first kappa shape index (κ1) is 27.1. The van der Waals surface area contributed by atoms with E-state index in [0.29, 0.717) is 25.9 Å². The van der Waals surface area contributed by atoms with Gasteiger partial charge in [0.05, 0.1) is 31.5 Å². The molecule has 1 saturated heterocycles. The van der Waals surface area contributed by atoms with Crippen molar-refractivity contribution in [2.75, 3.05) is 32.9 Å². The van der Waals surface area contributed by atoms with Crippen LogP contribution in [0.15, 0.2) is 29.3 Å². The van der Waals surface area contributed by atoms with Gasteiger partial charge in [0.2, 0.25) is 0 Å². The molecule has 0 amide bonds. The summed E-state index contributed by atoms with van der Waals surface area (Å²) in [5.74, 6) is 0.836. The van der Waals surface area contributed by atoms with Crippen LogP contribution in [0.4, 0.5) is 0 Å². The normalized spacial score (nSPS) is 16.9. The first-order valence-electron chi connectivity index (χ1n) is 10.9. The highest BCUT2D eigenvalue weighted by atomic mass is 127. The molecule has 172 valence electrons. The molecular formula is C23H40IN3O3. The van der Waals surface area contributed by atoms with Gasteiger partial charge in [0, 0.05) is 26.3 Å². The molecular weight excluding hydrogens is 493 g/mol. The molecule has 0 aliphatic carbocycles. The van der Waals surface area contributed by atoms with E-state index in [4.69, 9.17) is 19.2 Å². The molecule has 30 heavy (non-hydrogen) atoms. The number of benzene rings is 1. The van der Waals surface area contributed by atoms with Crippen molar-refractivity contribution in [3.8, 4) is 0 Å². The van der Waals surface area contributed by atoms with Gasteiger partial charge in [0.1, 0.15) is 0 Å². The second kappa shape index (κ2) is 15.0. The van der Waals surface area contributed by atoms with Crippen LogP contribution < -0.4 is 10.6 Å². The lowest BCUT2D eigenvalue weighted by Gasteiger charge is -2.19. The zero-order chi connectivity index (χ0) is 21.0. The highest BCUT2D eigenvalue weighted by molar-refractivity contribution is 14.0. The number of hydrogen-bond donors (Lipinski definition) is 2. The average molecular weight is 533 g/mol. The van der Waals surface area contributed by atoms with Gasteiger partial charge in [0.25, 0.3) is 0 Å². The Kier molecular flexibility index (Phi) is 13.6. The van der Waals surface area contributed by atoms with Crippen molar-refractivity contribution >= 4 is 29.9 Å². The van der Waals surface area contributed by atoms with Gasteiger partial charge >= 0.3 is 0 Å². The van der Waals surface area contributed by atoms with Crippen LogP contribution in [0.1, 0.15) is 58.1 Å². The molecule has 0 aromatic heterocycles. The summed E-state index contributed by atoms with van der Waals surface area (Å²) < 4.78 is 17.1. The van der Waals surface area contributed by atoms with E-state index in [1.807, 2.05) is 0 Å². The Hall–Kier alpha value is -0.900. The molecule has 6 nitrogen and oxygen atoms in total. The van der Waals surface area contributed by atoms with Gasteiger partial charge in [-0.05, 0) is 58.1 Å². The van der Waals surface area contributed by atoms with Crippen molar-refractivity contribution in [1.29, 1.82) is 0 Å². The van der Waals surface area contributed by atoms with Crippen molar-refractivity contribution in [3.63, 3.8) is 0 Å². The highest BCUT2D eigenvalue weighted by Gasteiger charge is 2.15. The lowest BCUT2D eigenvalue weighted by molar-refractivity contribution is -0.0149. The van der Waals surface area contributed by atoms with Gasteiger partial charge < -0.3 is 24.8 Å². The van der Waals surface area contributed by atoms with Crippen molar-refractivity contribution in [2.45, 2.75) is 71.8 Å². The molecule has 1 aromatic rings. The molecule has 1 unspecified atom stereocenters. The molecule has 7 heteroatoms. The van der Waals surface area contributed by atoms with E-state index in [1.54, 1.807) is 0 Å². The molecule has 0 radical (unpaired) electrons.